The van der Waals surface area contributed by atoms with E-state index in [2.05, 4.69) is 15.1 Å². The smallest absolute Gasteiger partial charge is 0.318 e. The highest BCUT2D eigenvalue weighted by atomic mass is 16.6. The minimum Gasteiger partial charge on any atom is -0.487 e. The standard InChI is InChI=1S/C21H24N6O4/c1-4-6-7-31-18-10-14(20(22)28)9-16(19(18)27(29)30)15-11-23-21(24-12-15)17-8-13(3)25-26(17)5-2/h8-12H,4-7H2,1-3H3,(H2,22,28). The van der Waals surface area contributed by atoms with Crippen LogP contribution in [0.15, 0.2) is 30.6 Å². The number of benzene rings is 1. The Morgan fingerprint density at radius 2 is 1.94 bits per heavy atom. The summed E-state index contributed by atoms with van der Waals surface area (Å²) in [6, 6.07) is 4.54. The van der Waals surface area contributed by atoms with Gasteiger partial charge in [-0.1, -0.05) is 13.3 Å². The van der Waals surface area contributed by atoms with Gasteiger partial charge in [-0.15, -0.1) is 0 Å². The number of primary amides is 1. The van der Waals surface area contributed by atoms with E-state index in [9.17, 15) is 14.9 Å². The molecule has 31 heavy (non-hydrogen) atoms. The minimum atomic E-state index is -0.712. The molecule has 10 nitrogen and oxygen atoms in total. The molecule has 2 N–H and O–H groups in total. The molecule has 0 spiro atoms. The van der Waals surface area contributed by atoms with Crippen molar-refractivity contribution in [2.24, 2.45) is 5.73 Å². The summed E-state index contributed by atoms with van der Waals surface area (Å²) in [6.45, 7) is 6.76. The topological polar surface area (TPSA) is 139 Å². The Bertz CT molecular complexity index is 1110. The number of nitrogens with two attached hydrogens (primary N) is 1. The van der Waals surface area contributed by atoms with E-state index in [1.165, 1.54) is 24.5 Å². The van der Waals surface area contributed by atoms with Gasteiger partial charge in [0.15, 0.2) is 11.6 Å². The lowest BCUT2D eigenvalue weighted by Crippen LogP contribution is -2.12. The van der Waals surface area contributed by atoms with Gasteiger partial charge in [0.05, 0.1) is 22.8 Å². The highest BCUT2D eigenvalue weighted by Gasteiger charge is 2.26. The van der Waals surface area contributed by atoms with Crippen LogP contribution in [0.4, 0.5) is 5.69 Å². The van der Waals surface area contributed by atoms with Crippen molar-refractivity contribution < 1.29 is 14.5 Å². The third-order valence-corrected chi connectivity index (χ3v) is 4.69. The zero-order valence-corrected chi connectivity index (χ0v) is 17.7. The molecule has 0 saturated carbocycles. The Labute approximate surface area is 179 Å². The molecular weight excluding hydrogens is 400 g/mol. The van der Waals surface area contributed by atoms with Crippen LogP contribution in [-0.4, -0.2) is 37.2 Å². The number of rotatable bonds is 9. The number of carbonyl (C=O) groups excluding carboxylic acids is 1. The third-order valence-electron chi connectivity index (χ3n) is 4.69. The molecule has 3 aromatic rings. The average molecular weight is 424 g/mol. The first kappa shape index (κ1) is 21.9. The van der Waals surface area contributed by atoms with Crippen LogP contribution in [0.1, 0.15) is 42.7 Å². The molecule has 0 fully saturated rings. The van der Waals surface area contributed by atoms with Crippen molar-refractivity contribution >= 4 is 11.6 Å². The number of hydrogen-bond donors (Lipinski definition) is 1. The summed E-state index contributed by atoms with van der Waals surface area (Å²) < 4.78 is 7.39. The van der Waals surface area contributed by atoms with Gasteiger partial charge >= 0.3 is 5.69 Å². The second-order valence-electron chi connectivity index (χ2n) is 6.98. The van der Waals surface area contributed by atoms with Crippen molar-refractivity contribution in [3.8, 4) is 28.4 Å². The first-order valence-electron chi connectivity index (χ1n) is 9.98. The number of hydrogen-bond acceptors (Lipinski definition) is 7. The van der Waals surface area contributed by atoms with E-state index >= 15 is 0 Å². The quantitative estimate of drug-likeness (QED) is 0.315. The van der Waals surface area contributed by atoms with E-state index in [-0.39, 0.29) is 29.2 Å². The fraction of sp³-hybridized carbons (Fsp3) is 0.333. The van der Waals surface area contributed by atoms with Gasteiger partial charge < -0.3 is 10.5 Å². The zero-order valence-electron chi connectivity index (χ0n) is 17.7. The lowest BCUT2D eigenvalue weighted by atomic mass is 10.0. The molecule has 1 amide bonds. The highest BCUT2D eigenvalue weighted by molar-refractivity contribution is 5.96. The van der Waals surface area contributed by atoms with Crippen molar-refractivity contribution in [1.82, 2.24) is 19.7 Å². The molecule has 10 heteroatoms. The molecule has 0 radical (unpaired) electrons. The summed E-state index contributed by atoms with van der Waals surface area (Å²) in [5.41, 5.74) is 7.41. The molecule has 2 heterocycles. The summed E-state index contributed by atoms with van der Waals surface area (Å²) >= 11 is 0. The largest absolute Gasteiger partial charge is 0.487 e. The zero-order chi connectivity index (χ0) is 22.5. The minimum absolute atomic E-state index is 0.00601. The first-order chi connectivity index (χ1) is 14.8. The summed E-state index contributed by atoms with van der Waals surface area (Å²) in [4.78, 5) is 31.9. The van der Waals surface area contributed by atoms with Gasteiger partial charge in [0, 0.05) is 36.1 Å². The molecule has 0 aliphatic rings. The molecule has 0 aliphatic heterocycles. The lowest BCUT2D eigenvalue weighted by molar-refractivity contribution is -0.385. The van der Waals surface area contributed by atoms with E-state index in [1.807, 2.05) is 26.8 Å². The van der Waals surface area contributed by atoms with Crippen molar-refractivity contribution in [3.05, 3.63) is 52.0 Å². The molecule has 0 unspecified atom stereocenters. The predicted octanol–water partition coefficient (Wildman–Crippen LogP) is 3.52. The van der Waals surface area contributed by atoms with Gasteiger partial charge in [-0.25, -0.2) is 9.97 Å². The van der Waals surface area contributed by atoms with Crippen LogP contribution in [0.25, 0.3) is 22.6 Å². The van der Waals surface area contributed by atoms with Gasteiger partial charge in [-0.05, 0) is 32.4 Å². The number of aromatic nitrogens is 4. The highest BCUT2D eigenvalue weighted by Crippen LogP contribution is 2.39. The molecule has 3 rings (SSSR count). The number of unbranched alkanes of at least 4 members (excludes halogenated alkanes) is 1. The number of carbonyl (C=O) groups is 1. The summed E-state index contributed by atoms with van der Waals surface area (Å²) in [5, 5.41) is 16.2. The third kappa shape index (κ3) is 4.68. The number of aryl methyl sites for hydroxylation is 2. The molecular formula is C21H24N6O4. The fourth-order valence-electron chi connectivity index (χ4n) is 3.16. The van der Waals surface area contributed by atoms with Crippen LogP contribution in [0.2, 0.25) is 0 Å². The van der Waals surface area contributed by atoms with Crippen LogP contribution in [0.5, 0.6) is 5.75 Å². The number of amides is 1. The molecule has 2 aromatic heterocycles. The van der Waals surface area contributed by atoms with Crippen LogP contribution in [0.3, 0.4) is 0 Å². The maximum atomic E-state index is 11.9. The number of ether oxygens (including phenoxy) is 1. The van der Waals surface area contributed by atoms with Crippen LogP contribution >= 0.6 is 0 Å². The summed E-state index contributed by atoms with van der Waals surface area (Å²) in [7, 11) is 0. The molecule has 162 valence electrons. The Morgan fingerprint density at radius 3 is 2.52 bits per heavy atom. The summed E-state index contributed by atoms with van der Waals surface area (Å²) in [5.74, 6) is -0.274. The SMILES string of the molecule is CCCCOc1cc(C(N)=O)cc(-c2cnc(-c3cc(C)nn3CC)nc2)c1[N+](=O)[O-]. The Kier molecular flexibility index (Phi) is 6.58. The van der Waals surface area contributed by atoms with E-state index < -0.39 is 10.8 Å². The Hall–Kier alpha value is -3.82. The summed E-state index contributed by atoms with van der Waals surface area (Å²) in [6.07, 6.45) is 4.54. The van der Waals surface area contributed by atoms with Gasteiger partial charge in [0.1, 0.15) is 5.69 Å². The second kappa shape index (κ2) is 9.33. The molecule has 0 bridgehead atoms. The van der Waals surface area contributed by atoms with Crippen molar-refractivity contribution in [1.29, 1.82) is 0 Å². The molecule has 0 atom stereocenters. The predicted molar refractivity (Wildman–Crippen MR) is 115 cm³/mol. The van der Waals surface area contributed by atoms with Crippen molar-refractivity contribution in [2.45, 2.75) is 40.2 Å². The normalized spacial score (nSPS) is 10.8. The average Bonchev–Trinajstić information content (AvgIpc) is 3.14. The van der Waals surface area contributed by atoms with Crippen LogP contribution in [-0.2, 0) is 6.54 Å². The number of nitro groups is 1. The van der Waals surface area contributed by atoms with Gasteiger partial charge in [-0.3, -0.25) is 19.6 Å². The van der Waals surface area contributed by atoms with E-state index in [1.54, 1.807) is 4.68 Å². The van der Waals surface area contributed by atoms with Crippen LogP contribution < -0.4 is 10.5 Å². The van der Waals surface area contributed by atoms with Gasteiger partial charge in [0.2, 0.25) is 5.91 Å². The first-order valence-corrected chi connectivity index (χ1v) is 9.98. The van der Waals surface area contributed by atoms with Crippen LogP contribution in [0, 0.1) is 17.0 Å². The Morgan fingerprint density at radius 1 is 1.23 bits per heavy atom. The van der Waals surface area contributed by atoms with Gasteiger partial charge in [0.25, 0.3) is 0 Å². The fourth-order valence-corrected chi connectivity index (χ4v) is 3.16. The van der Waals surface area contributed by atoms with Crippen molar-refractivity contribution in [2.75, 3.05) is 6.61 Å². The lowest BCUT2D eigenvalue weighted by Gasteiger charge is -2.12. The maximum absolute atomic E-state index is 11.9. The maximum Gasteiger partial charge on any atom is 0.318 e. The second-order valence-corrected chi connectivity index (χ2v) is 6.98. The van der Waals surface area contributed by atoms with E-state index in [0.717, 1.165) is 24.2 Å². The van der Waals surface area contributed by atoms with E-state index in [4.69, 9.17) is 10.5 Å². The van der Waals surface area contributed by atoms with Crippen molar-refractivity contribution in [3.63, 3.8) is 0 Å². The monoisotopic (exact) mass is 424 g/mol. The molecule has 1 aromatic carbocycles. The number of nitro benzene ring substituents is 1. The molecule has 0 saturated heterocycles. The van der Waals surface area contributed by atoms with Gasteiger partial charge in [-0.2, -0.15) is 5.10 Å². The molecule has 0 aliphatic carbocycles. The Balaban J connectivity index is 2.09. The number of nitrogens with zero attached hydrogens (tertiary/aromatic N) is 5. The van der Waals surface area contributed by atoms with E-state index in [0.29, 0.717) is 17.9 Å².